The van der Waals surface area contributed by atoms with Gasteiger partial charge in [-0.25, -0.2) is 27.0 Å². The highest BCUT2D eigenvalue weighted by molar-refractivity contribution is 7.92. The van der Waals surface area contributed by atoms with Crippen LogP contribution in [0.3, 0.4) is 0 Å². The molecule has 0 fully saturated rings. The Bertz CT molecular complexity index is 1830. The van der Waals surface area contributed by atoms with Gasteiger partial charge >= 0.3 is 5.63 Å². The lowest BCUT2D eigenvalue weighted by Gasteiger charge is -2.12. The number of ketones is 1. The summed E-state index contributed by atoms with van der Waals surface area (Å²) in [5.74, 6) is -3.60. The Morgan fingerprint density at radius 3 is 2.69 bits per heavy atom. The molecule has 0 radical (unpaired) electrons. The maximum atomic E-state index is 15.3. The molecule has 5 aromatic rings. The average Bonchev–Trinajstić information content (AvgIpc) is 3.23. The molecule has 3 aromatic heterocycles. The lowest BCUT2D eigenvalue weighted by atomic mass is 10.0. The summed E-state index contributed by atoms with van der Waals surface area (Å²) in [5, 5.41) is 0.771. The van der Waals surface area contributed by atoms with Crippen molar-refractivity contribution in [3.63, 3.8) is 0 Å². The number of carbonyl (C=O) groups excluding carboxylic acids is 1. The molecule has 0 unspecified atom stereocenters. The minimum Gasteiger partial charge on any atom is -0.423 e. The lowest BCUT2D eigenvalue weighted by Crippen LogP contribution is -2.16. The molecular weight excluding hydrogens is 504 g/mol. The number of H-pyrrole nitrogens is 1. The van der Waals surface area contributed by atoms with Crippen molar-refractivity contribution in [2.75, 3.05) is 4.72 Å². The summed E-state index contributed by atoms with van der Waals surface area (Å²) in [6.07, 6.45) is 2.57. The Balaban J connectivity index is 1.54. The van der Waals surface area contributed by atoms with Crippen LogP contribution in [0.15, 0.2) is 75.0 Å². The monoisotopic (exact) mass is 515 g/mol. The summed E-state index contributed by atoms with van der Waals surface area (Å²) >= 11 is 5.93. The van der Waals surface area contributed by atoms with Gasteiger partial charge in [0.2, 0.25) is 5.78 Å². The summed E-state index contributed by atoms with van der Waals surface area (Å²) in [7, 11) is -4.36. The van der Waals surface area contributed by atoms with E-state index in [4.69, 9.17) is 16.0 Å². The first-order valence-corrected chi connectivity index (χ1v) is 11.7. The molecule has 0 saturated carbocycles. The molecule has 12 heteroatoms. The number of nitrogens with one attached hydrogen (secondary N) is 2. The third kappa shape index (κ3) is 4.04. The maximum absolute atomic E-state index is 15.3. The number of hydrogen-bond acceptors (Lipinski definition) is 6. The van der Waals surface area contributed by atoms with Crippen LogP contribution >= 0.6 is 11.6 Å². The first kappa shape index (κ1) is 22.7. The Morgan fingerprint density at radius 2 is 1.89 bits per heavy atom. The first-order chi connectivity index (χ1) is 16.6. The number of benzene rings is 2. The number of hydrogen-bond donors (Lipinski definition) is 2. The number of anilines is 1. The van der Waals surface area contributed by atoms with Crippen LogP contribution in [0, 0.1) is 11.6 Å². The van der Waals surface area contributed by atoms with Gasteiger partial charge in [0, 0.05) is 34.8 Å². The summed E-state index contributed by atoms with van der Waals surface area (Å²) < 4.78 is 62.7. The Kier molecular flexibility index (Phi) is 5.37. The number of rotatable bonds is 5. The van der Waals surface area contributed by atoms with Crippen LogP contribution < -0.4 is 10.3 Å². The number of aromatic nitrogens is 2. The maximum Gasteiger partial charge on any atom is 0.336 e. The van der Waals surface area contributed by atoms with Crippen LogP contribution in [0.4, 0.5) is 14.5 Å². The fourth-order valence-electron chi connectivity index (χ4n) is 3.56. The van der Waals surface area contributed by atoms with Gasteiger partial charge < -0.3 is 9.40 Å². The Hall–Kier alpha value is -4.09. The predicted molar refractivity (Wildman–Crippen MR) is 124 cm³/mol. The third-order valence-corrected chi connectivity index (χ3v) is 6.78. The second-order valence-electron chi connectivity index (χ2n) is 7.42. The number of nitrogens with zero attached hydrogens (tertiary/aromatic N) is 1. The summed E-state index contributed by atoms with van der Waals surface area (Å²) in [6, 6.07) is 9.21. The van der Waals surface area contributed by atoms with Crippen LogP contribution in [0.25, 0.3) is 22.0 Å². The van der Waals surface area contributed by atoms with E-state index in [-0.39, 0.29) is 32.1 Å². The van der Waals surface area contributed by atoms with Crippen molar-refractivity contribution in [3.05, 3.63) is 99.1 Å². The van der Waals surface area contributed by atoms with E-state index < -0.39 is 44.3 Å². The third-order valence-electron chi connectivity index (χ3n) is 5.21. The van der Waals surface area contributed by atoms with Gasteiger partial charge in [0.1, 0.15) is 17.0 Å². The second-order valence-corrected chi connectivity index (χ2v) is 9.54. The van der Waals surface area contributed by atoms with Gasteiger partial charge in [-0.1, -0.05) is 11.6 Å². The summed E-state index contributed by atoms with van der Waals surface area (Å²) in [4.78, 5) is 30.8. The molecule has 3 heterocycles. The molecule has 0 atom stereocenters. The van der Waals surface area contributed by atoms with Gasteiger partial charge in [-0.2, -0.15) is 0 Å². The van der Waals surface area contributed by atoms with E-state index in [0.29, 0.717) is 5.39 Å². The topological polar surface area (TPSA) is 122 Å². The van der Waals surface area contributed by atoms with Gasteiger partial charge in [0.15, 0.2) is 5.82 Å². The van der Waals surface area contributed by atoms with Crippen LogP contribution in [0.2, 0.25) is 5.02 Å². The lowest BCUT2D eigenvalue weighted by molar-refractivity contribution is 0.103. The zero-order chi connectivity index (χ0) is 24.9. The number of fused-ring (bicyclic) bond motifs is 2. The van der Waals surface area contributed by atoms with E-state index in [1.54, 1.807) is 0 Å². The van der Waals surface area contributed by atoms with E-state index in [0.717, 1.165) is 24.3 Å². The molecule has 2 N–H and O–H groups in total. The van der Waals surface area contributed by atoms with E-state index >= 15 is 4.39 Å². The van der Waals surface area contributed by atoms with Crippen molar-refractivity contribution in [2.45, 2.75) is 4.90 Å². The van der Waals surface area contributed by atoms with Gasteiger partial charge in [-0.05, 0) is 42.5 Å². The second kappa shape index (κ2) is 8.29. The summed E-state index contributed by atoms with van der Waals surface area (Å²) in [5.41, 5.74) is -1.85. The van der Waals surface area contributed by atoms with Crippen molar-refractivity contribution in [2.24, 2.45) is 0 Å². The molecule has 0 aliphatic heterocycles. The van der Waals surface area contributed by atoms with Crippen LogP contribution in [0.5, 0.6) is 0 Å². The Labute approximate surface area is 200 Å². The fourth-order valence-corrected chi connectivity index (χ4v) is 4.81. The van der Waals surface area contributed by atoms with Crippen LogP contribution in [0.1, 0.15) is 15.9 Å². The number of sulfonamides is 1. The molecular formula is C23H12ClF2N3O5S. The number of pyridine rings is 1. The average molecular weight is 516 g/mol. The number of halogens is 3. The van der Waals surface area contributed by atoms with Gasteiger partial charge in [0.25, 0.3) is 10.0 Å². The molecule has 2 aromatic carbocycles. The van der Waals surface area contributed by atoms with E-state index in [2.05, 4.69) is 9.97 Å². The zero-order valence-electron chi connectivity index (χ0n) is 17.3. The van der Waals surface area contributed by atoms with E-state index in [1.807, 2.05) is 4.72 Å². The van der Waals surface area contributed by atoms with Crippen LogP contribution in [-0.4, -0.2) is 24.2 Å². The molecule has 8 nitrogen and oxygen atoms in total. The normalized spacial score (nSPS) is 11.7. The van der Waals surface area contributed by atoms with Crippen LogP contribution in [-0.2, 0) is 10.0 Å². The highest BCUT2D eigenvalue weighted by Gasteiger charge is 2.26. The highest BCUT2D eigenvalue weighted by atomic mass is 35.5. The van der Waals surface area contributed by atoms with Gasteiger partial charge in [-0.15, -0.1) is 0 Å². The smallest absolute Gasteiger partial charge is 0.336 e. The molecule has 35 heavy (non-hydrogen) atoms. The largest absolute Gasteiger partial charge is 0.423 e. The molecule has 176 valence electrons. The Morgan fingerprint density at radius 1 is 1.09 bits per heavy atom. The molecule has 0 bridgehead atoms. The molecule has 5 rings (SSSR count). The van der Waals surface area contributed by atoms with Crippen molar-refractivity contribution >= 4 is 55.1 Å². The van der Waals surface area contributed by atoms with Gasteiger partial charge in [-0.3, -0.25) is 9.52 Å². The molecule has 0 aliphatic carbocycles. The standard InChI is InChI=1S/C23H12ClF2N3O5S/c24-12-8-14-15(10-28-23(14)27-9-12)22(31)20-16(25)3-4-17(21(20)26)29-35(32,33)13-2-5-18-11(7-13)1-6-19(30)34-18/h1-10,29H,(H,27,28). The first-order valence-electron chi connectivity index (χ1n) is 9.86. The van der Waals surface area contributed by atoms with Crippen molar-refractivity contribution < 1.29 is 26.4 Å². The molecule has 0 amide bonds. The van der Waals surface area contributed by atoms with Crippen molar-refractivity contribution in [1.82, 2.24) is 9.97 Å². The highest BCUT2D eigenvalue weighted by Crippen LogP contribution is 2.29. The predicted octanol–water partition coefficient (Wildman–Crippen LogP) is 4.63. The fraction of sp³-hybridized carbons (Fsp3) is 0. The molecule has 0 aliphatic rings. The molecule has 0 spiro atoms. The van der Waals surface area contributed by atoms with Gasteiger partial charge in [0.05, 0.1) is 21.2 Å². The quantitative estimate of drug-likeness (QED) is 0.260. The zero-order valence-corrected chi connectivity index (χ0v) is 18.9. The summed E-state index contributed by atoms with van der Waals surface area (Å²) in [6.45, 7) is 0. The van der Waals surface area contributed by atoms with E-state index in [9.17, 15) is 22.4 Å². The van der Waals surface area contributed by atoms with Crippen molar-refractivity contribution in [1.29, 1.82) is 0 Å². The number of aromatic amines is 1. The van der Waals surface area contributed by atoms with E-state index in [1.165, 1.54) is 36.7 Å². The minimum absolute atomic E-state index is 0.0937. The number of carbonyl (C=O) groups is 1. The molecule has 0 saturated heterocycles. The minimum atomic E-state index is -4.36. The SMILES string of the molecule is O=C(c1c(F)ccc(NS(=O)(=O)c2ccc3oc(=O)ccc3c2)c1F)c1c[nH]c2ncc(Cl)cc12. The van der Waals surface area contributed by atoms with Crippen molar-refractivity contribution in [3.8, 4) is 0 Å².